The van der Waals surface area contributed by atoms with Crippen LogP contribution in [0.15, 0.2) is 42.5 Å². The Labute approximate surface area is 152 Å². The molecular formula is C20H22N2O4. The number of rotatable bonds is 4. The molecule has 2 aromatic rings. The van der Waals surface area contributed by atoms with Crippen LogP contribution in [0.25, 0.3) is 0 Å². The third kappa shape index (κ3) is 3.79. The number of hydrogen-bond donors (Lipinski definition) is 1. The van der Waals surface area contributed by atoms with Crippen LogP contribution in [0.5, 0.6) is 11.5 Å². The smallest absolute Gasteiger partial charge is 0.265 e. The van der Waals surface area contributed by atoms with Crippen molar-refractivity contribution in [3.63, 3.8) is 0 Å². The van der Waals surface area contributed by atoms with Crippen molar-refractivity contribution in [1.29, 1.82) is 0 Å². The van der Waals surface area contributed by atoms with Crippen LogP contribution in [0, 0.1) is 13.8 Å². The van der Waals surface area contributed by atoms with E-state index >= 15 is 0 Å². The minimum Gasteiger partial charge on any atom is -0.484 e. The van der Waals surface area contributed by atoms with Crippen molar-refractivity contribution >= 4 is 17.5 Å². The molecule has 3 rings (SSSR count). The number of likely N-dealkylation sites (N-methyl/N-ethyl adjacent to an activating group) is 1. The van der Waals surface area contributed by atoms with Crippen LogP contribution in [0.3, 0.4) is 0 Å². The predicted molar refractivity (Wildman–Crippen MR) is 98.7 cm³/mol. The topological polar surface area (TPSA) is 67.9 Å². The van der Waals surface area contributed by atoms with Crippen molar-refractivity contribution in [2.24, 2.45) is 0 Å². The summed E-state index contributed by atoms with van der Waals surface area (Å²) in [7, 11) is 1.54. The van der Waals surface area contributed by atoms with E-state index in [4.69, 9.17) is 9.47 Å². The van der Waals surface area contributed by atoms with Crippen molar-refractivity contribution in [2.75, 3.05) is 25.1 Å². The first-order chi connectivity index (χ1) is 12.5. The van der Waals surface area contributed by atoms with E-state index in [1.54, 1.807) is 30.1 Å². The van der Waals surface area contributed by atoms with Crippen LogP contribution < -0.4 is 19.7 Å². The Morgan fingerprint density at radius 3 is 2.58 bits per heavy atom. The molecule has 2 amide bonds. The van der Waals surface area contributed by atoms with Gasteiger partial charge in [0.15, 0.2) is 12.7 Å². The molecule has 0 aromatic heterocycles. The van der Waals surface area contributed by atoms with Gasteiger partial charge in [-0.25, -0.2) is 0 Å². The highest BCUT2D eigenvalue weighted by Crippen LogP contribution is 2.33. The largest absolute Gasteiger partial charge is 0.484 e. The third-order valence-electron chi connectivity index (χ3n) is 4.17. The summed E-state index contributed by atoms with van der Waals surface area (Å²) in [5.41, 5.74) is 2.79. The van der Waals surface area contributed by atoms with Crippen molar-refractivity contribution in [3.8, 4) is 11.5 Å². The van der Waals surface area contributed by atoms with E-state index in [1.807, 2.05) is 38.1 Å². The van der Waals surface area contributed by atoms with Crippen LogP contribution in [0.2, 0.25) is 0 Å². The first kappa shape index (κ1) is 17.8. The molecule has 0 unspecified atom stereocenters. The maximum atomic E-state index is 12.8. The molecule has 1 aliphatic rings. The minimum atomic E-state index is -0.750. The average molecular weight is 354 g/mol. The van der Waals surface area contributed by atoms with Gasteiger partial charge in [0.05, 0.1) is 12.2 Å². The van der Waals surface area contributed by atoms with E-state index in [1.165, 1.54) is 0 Å². The zero-order valence-corrected chi connectivity index (χ0v) is 15.1. The molecule has 0 saturated carbocycles. The molecule has 0 radical (unpaired) electrons. The van der Waals surface area contributed by atoms with E-state index in [9.17, 15) is 9.59 Å². The van der Waals surface area contributed by atoms with Gasteiger partial charge < -0.3 is 19.7 Å². The maximum Gasteiger partial charge on any atom is 0.265 e. The molecular weight excluding hydrogens is 332 g/mol. The second-order valence-corrected chi connectivity index (χ2v) is 6.30. The highest BCUT2D eigenvalue weighted by molar-refractivity contribution is 5.98. The molecule has 0 saturated heterocycles. The van der Waals surface area contributed by atoms with E-state index < -0.39 is 6.10 Å². The van der Waals surface area contributed by atoms with Gasteiger partial charge in [-0.1, -0.05) is 18.2 Å². The maximum absolute atomic E-state index is 12.8. The van der Waals surface area contributed by atoms with Crippen LogP contribution >= 0.6 is 0 Å². The van der Waals surface area contributed by atoms with Gasteiger partial charge >= 0.3 is 0 Å². The van der Waals surface area contributed by atoms with E-state index in [2.05, 4.69) is 5.32 Å². The van der Waals surface area contributed by atoms with E-state index in [0.29, 0.717) is 17.2 Å². The summed E-state index contributed by atoms with van der Waals surface area (Å²) in [4.78, 5) is 26.3. The lowest BCUT2D eigenvalue weighted by atomic mass is 10.1. The number of amides is 2. The number of benzene rings is 2. The minimum absolute atomic E-state index is 0.113. The lowest BCUT2D eigenvalue weighted by Gasteiger charge is -2.33. The van der Waals surface area contributed by atoms with Gasteiger partial charge in [-0.05, 0) is 49.2 Å². The Morgan fingerprint density at radius 1 is 1.19 bits per heavy atom. The summed E-state index contributed by atoms with van der Waals surface area (Å²) in [6, 6.07) is 13.0. The molecule has 0 aliphatic carbocycles. The number of fused-ring (bicyclic) bond motifs is 1. The normalized spacial score (nSPS) is 15.7. The monoisotopic (exact) mass is 354 g/mol. The number of para-hydroxylation sites is 2. The molecule has 0 spiro atoms. The number of carbonyl (C=O) groups excluding carboxylic acids is 2. The highest BCUT2D eigenvalue weighted by atomic mass is 16.5. The third-order valence-corrected chi connectivity index (χ3v) is 4.17. The molecule has 6 nitrogen and oxygen atoms in total. The average Bonchev–Trinajstić information content (AvgIpc) is 2.63. The molecule has 136 valence electrons. The number of nitrogens with one attached hydrogen (secondary N) is 1. The number of carbonyl (C=O) groups is 2. The fourth-order valence-electron chi connectivity index (χ4n) is 3.01. The van der Waals surface area contributed by atoms with Gasteiger partial charge in [0.1, 0.15) is 11.5 Å². The SMILES string of the molecule is CNC(=O)[C@H]1CN(C(=O)COc2cc(C)cc(C)c2)c2ccccc2O1. The van der Waals surface area contributed by atoms with Crippen molar-refractivity contribution in [2.45, 2.75) is 20.0 Å². The summed E-state index contributed by atoms with van der Waals surface area (Å²) in [6.07, 6.45) is -0.750. The van der Waals surface area contributed by atoms with Gasteiger partial charge in [-0.2, -0.15) is 0 Å². The zero-order valence-electron chi connectivity index (χ0n) is 15.1. The standard InChI is InChI=1S/C20H22N2O4/c1-13-8-14(2)10-15(9-13)25-12-19(23)22-11-18(20(24)21-3)26-17-7-5-4-6-16(17)22/h4-10,18H,11-12H2,1-3H3,(H,21,24)/t18-/m1/s1. The van der Waals surface area contributed by atoms with Crippen molar-refractivity contribution < 1.29 is 19.1 Å². The van der Waals surface area contributed by atoms with Gasteiger partial charge in [0, 0.05) is 7.05 Å². The quantitative estimate of drug-likeness (QED) is 0.914. The molecule has 1 N–H and O–H groups in total. The van der Waals surface area contributed by atoms with Gasteiger partial charge in [-0.15, -0.1) is 0 Å². The summed E-state index contributed by atoms with van der Waals surface area (Å²) in [5, 5.41) is 2.56. The number of anilines is 1. The van der Waals surface area contributed by atoms with Crippen LogP contribution in [0.1, 0.15) is 11.1 Å². The second-order valence-electron chi connectivity index (χ2n) is 6.30. The Hall–Kier alpha value is -3.02. The Kier molecular flexibility index (Phi) is 5.11. The first-order valence-corrected chi connectivity index (χ1v) is 8.46. The molecule has 6 heteroatoms. The van der Waals surface area contributed by atoms with Crippen LogP contribution in [-0.4, -0.2) is 38.1 Å². The Balaban J connectivity index is 1.77. The molecule has 1 aliphatic heterocycles. The summed E-state index contributed by atoms with van der Waals surface area (Å²) >= 11 is 0. The number of hydrogen-bond acceptors (Lipinski definition) is 4. The Bertz CT molecular complexity index is 814. The van der Waals surface area contributed by atoms with Gasteiger partial charge in [0.25, 0.3) is 11.8 Å². The summed E-state index contributed by atoms with van der Waals surface area (Å²) in [6.45, 7) is 3.99. The highest BCUT2D eigenvalue weighted by Gasteiger charge is 2.33. The molecule has 0 fully saturated rings. The second kappa shape index (κ2) is 7.47. The molecule has 1 atom stereocenters. The van der Waals surface area contributed by atoms with E-state index in [-0.39, 0.29) is 25.0 Å². The molecule has 26 heavy (non-hydrogen) atoms. The van der Waals surface area contributed by atoms with Crippen LogP contribution in [0.4, 0.5) is 5.69 Å². The van der Waals surface area contributed by atoms with Gasteiger partial charge in [0.2, 0.25) is 0 Å². The lowest BCUT2D eigenvalue weighted by Crippen LogP contribution is -2.51. The number of ether oxygens (including phenoxy) is 2. The number of nitrogens with zero attached hydrogens (tertiary/aromatic N) is 1. The Morgan fingerprint density at radius 2 is 1.88 bits per heavy atom. The number of aryl methyl sites for hydroxylation is 2. The zero-order chi connectivity index (χ0) is 18.7. The summed E-state index contributed by atoms with van der Waals surface area (Å²) < 4.78 is 11.4. The van der Waals surface area contributed by atoms with Gasteiger partial charge in [-0.3, -0.25) is 9.59 Å². The first-order valence-electron chi connectivity index (χ1n) is 8.46. The fourth-order valence-corrected chi connectivity index (χ4v) is 3.01. The fraction of sp³-hybridized carbons (Fsp3) is 0.300. The summed E-state index contributed by atoms with van der Waals surface area (Å²) in [5.74, 6) is 0.661. The van der Waals surface area contributed by atoms with E-state index in [0.717, 1.165) is 11.1 Å². The lowest BCUT2D eigenvalue weighted by molar-refractivity contribution is -0.128. The van der Waals surface area contributed by atoms with Crippen molar-refractivity contribution in [3.05, 3.63) is 53.6 Å². The van der Waals surface area contributed by atoms with Crippen molar-refractivity contribution in [1.82, 2.24) is 5.32 Å². The predicted octanol–water partition coefficient (Wildman–Crippen LogP) is 2.22. The van der Waals surface area contributed by atoms with Crippen LogP contribution in [-0.2, 0) is 9.59 Å². The molecule has 1 heterocycles. The molecule has 2 aromatic carbocycles. The molecule has 0 bridgehead atoms.